The maximum atomic E-state index is 14.1. The summed E-state index contributed by atoms with van der Waals surface area (Å²) in [7, 11) is 4.44. The zero-order chi connectivity index (χ0) is 29.1. The van der Waals surface area contributed by atoms with Gasteiger partial charge < -0.3 is 29.6 Å². The largest absolute Gasteiger partial charge is 0.497 e. The molecule has 0 bridgehead atoms. The Kier molecular flexibility index (Phi) is 7.55. The molecule has 0 spiro atoms. The Morgan fingerprint density at radius 2 is 1.71 bits per heavy atom. The number of allylic oxidation sites excluding steroid dienone is 1. The van der Waals surface area contributed by atoms with Gasteiger partial charge in [0.15, 0.2) is 11.5 Å². The average molecular weight is 560 g/mol. The van der Waals surface area contributed by atoms with Gasteiger partial charge in [-0.05, 0) is 48.9 Å². The highest BCUT2D eigenvalue weighted by Gasteiger charge is 2.34. The van der Waals surface area contributed by atoms with Crippen molar-refractivity contribution in [3.63, 3.8) is 0 Å². The Morgan fingerprint density at radius 1 is 0.951 bits per heavy atom. The summed E-state index contributed by atoms with van der Waals surface area (Å²) >= 11 is 0. The van der Waals surface area contributed by atoms with Gasteiger partial charge in [0, 0.05) is 11.8 Å². The molecule has 0 fully saturated rings. The Bertz CT molecular complexity index is 1670. The van der Waals surface area contributed by atoms with Gasteiger partial charge in [0.05, 0.1) is 38.2 Å². The molecule has 0 saturated heterocycles. The number of fused-ring (bicyclic) bond motifs is 1. The number of hydrogen-bond donors (Lipinski definition) is 2. The summed E-state index contributed by atoms with van der Waals surface area (Å²) in [6, 6.07) is 14.6. The van der Waals surface area contributed by atoms with Gasteiger partial charge in [-0.15, -0.1) is 0 Å². The topological polar surface area (TPSA) is 126 Å². The van der Waals surface area contributed by atoms with Crippen LogP contribution in [0.2, 0.25) is 0 Å². The van der Waals surface area contributed by atoms with Crippen molar-refractivity contribution < 1.29 is 32.9 Å². The number of nitrogens with zero attached hydrogens (tertiary/aromatic N) is 3. The molecule has 3 aromatic carbocycles. The van der Waals surface area contributed by atoms with Crippen LogP contribution in [-0.2, 0) is 4.79 Å². The van der Waals surface area contributed by atoms with Crippen LogP contribution in [0.5, 0.6) is 23.0 Å². The molecule has 1 aliphatic rings. The number of carbonyl (C=O) groups excluding carboxylic acids is 2. The second kappa shape index (κ2) is 11.4. The number of esters is 1. The van der Waals surface area contributed by atoms with Crippen LogP contribution in [0.25, 0.3) is 0 Å². The molecule has 210 valence electrons. The highest BCUT2D eigenvalue weighted by atomic mass is 19.1. The molecule has 1 aliphatic heterocycles. The number of methoxy groups -OCH3 is 3. The van der Waals surface area contributed by atoms with E-state index in [0.29, 0.717) is 40.0 Å². The summed E-state index contributed by atoms with van der Waals surface area (Å²) in [5, 5.41) is 10.4. The molecule has 1 aromatic heterocycles. The number of ether oxygens (including phenoxy) is 4. The number of benzene rings is 3. The first kappa shape index (κ1) is 27.2. The van der Waals surface area contributed by atoms with Crippen LogP contribution in [0, 0.1) is 5.82 Å². The van der Waals surface area contributed by atoms with Gasteiger partial charge >= 0.3 is 5.97 Å². The Labute approximate surface area is 234 Å². The van der Waals surface area contributed by atoms with Crippen LogP contribution in [0.15, 0.2) is 78.3 Å². The lowest BCUT2D eigenvalue weighted by Gasteiger charge is -2.29. The van der Waals surface area contributed by atoms with Crippen LogP contribution in [0.4, 0.5) is 16.0 Å². The van der Waals surface area contributed by atoms with Crippen molar-refractivity contribution in [3.8, 4) is 23.0 Å². The molecule has 11 nitrogen and oxygen atoms in total. The quantitative estimate of drug-likeness (QED) is 0.235. The molecule has 0 radical (unpaired) electrons. The number of amides is 1. The van der Waals surface area contributed by atoms with Crippen molar-refractivity contribution in [2.45, 2.75) is 13.0 Å². The van der Waals surface area contributed by atoms with Crippen LogP contribution in [-0.4, -0.2) is 48.0 Å². The average Bonchev–Trinajstić information content (AvgIpc) is 3.44. The summed E-state index contributed by atoms with van der Waals surface area (Å²) < 4.78 is 37.4. The van der Waals surface area contributed by atoms with E-state index >= 15 is 0 Å². The summed E-state index contributed by atoms with van der Waals surface area (Å²) in [6.07, 6.45) is 1.37. The van der Waals surface area contributed by atoms with Crippen LogP contribution in [0.3, 0.4) is 0 Å². The van der Waals surface area contributed by atoms with E-state index in [1.807, 2.05) is 0 Å². The predicted octanol–water partition coefficient (Wildman–Crippen LogP) is 4.59. The molecule has 1 unspecified atom stereocenters. The van der Waals surface area contributed by atoms with Gasteiger partial charge in [0.1, 0.15) is 29.7 Å². The first-order chi connectivity index (χ1) is 19.8. The van der Waals surface area contributed by atoms with Crippen molar-refractivity contribution in [1.82, 2.24) is 14.8 Å². The fourth-order valence-corrected chi connectivity index (χ4v) is 4.51. The van der Waals surface area contributed by atoms with E-state index < -0.39 is 23.7 Å². The molecule has 5 rings (SSSR count). The monoisotopic (exact) mass is 559 g/mol. The van der Waals surface area contributed by atoms with Crippen molar-refractivity contribution in [2.24, 2.45) is 0 Å². The SMILES string of the molecule is COc1ccc(OC)c(NC(=O)C2=C(C)Nc3ncnn3C2c2ccc(OC(=O)c3ccccc3F)c(OC)c2)c1. The summed E-state index contributed by atoms with van der Waals surface area (Å²) in [4.78, 5) is 30.7. The smallest absolute Gasteiger partial charge is 0.346 e. The highest BCUT2D eigenvalue weighted by Crippen LogP contribution is 2.40. The molecule has 2 heterocycles. The van der Waals surface area contributed by atoms with E-state index in [9.17, 15) is 14.0 Å². The third kappa shape index (κ3) is 5.26. The van der Waals surface area contributed by atoms with Crippen molar-refractivity contribution in [3.05, 3.63) is 95.2 Å². The molecule has 4 aromatic rings. The van der Waals surface area contributed by atoms with Gasteiger partial charge in [0.2, 0.25) is 5.95 Å². The lowest BCUT2D eigenvalue weighted by Crippen LogP contribution is -2.31. The van der Waals surface area contributed by atoms with E-state index in [1.165, 1.54) is 58.0 Å². The Hall–Kier alpha value is -5.39. The van der Waals surface area contributed by atoms with Crippen LogP contribution < -0.4 is 29.6 Å². The van der Waals surface area contributed by atoms with Crippen molar-refractivity contribution in [2.75, 3.05) is 32.0 Å². The molecule has 2 N–H and O–H groups in total. The number of halogens is 1. The zero-order valence-corrected chi connectivity index (χ0v) is 22.6. The molecular formula is C29H26FN5O6. The predicted molar refractivity (Wildman–Crippen MR) is 147 cm³/mol. The van der Waals surface area contributed by atoms with Gasteiger partial charge in [-0.2, -0.15) is 10.1 Å². The number of anilines is 2. The molecule has 1 atom stereocenters. The highest BCUT2D eigenvalue weighted by molar-refractivity contribution is 6.06. The van der Waals surface area contributed by atoms with Gasteiger partial charge in [-0.25, -0.2) is 13.9 Å². The summed E-state index contributed by atoms with van der Waals surface area (Å²) in [5.41, 5.74) is 1.67. The van der Waals surface area contributed by atoms with Crippen LogP contribution in [0.1, 0.15) is 28.9 Å². The first-order valence-corrected chi connectivity index (χ1v) is 12.4. The fraction of sp³-hybridized carbons (Fsp3) is 0.172. The minimum atomic E-state index is -0.877. The van der Waals surface area contributed by atoms with E-state index in [-0.39, 0.29) is 17.1 Å². The zero-order valence-electron chi connectivity index (χ0n) is 22.6. The Balaban J connectivity index is 1.51. The lowest BCUT2D eigenvalue weighted by molar-refractivity contribution is -0.113. The molecule has 0 saturated carbocycles. The minimum Gasteiger partial charge on any atom is -0.497 e. The third-order valence-corrected chi connectivity index (χ3v) is 6.49. The van der Waals surface area contributed by atoms with Crippen molar-refractivity contribution >= 4 is 23.5 Å². The third-order valence-electron chi connectivity index (χ3n) is 6.49. The normalized spacial score (nSPS) is 14.0. The number of carbonyl (C=O) groups is 2. The van der Waals surface area contributed by atoms with E-state index in [1.54, 1.807) is 41.9 Å². The van der Waals surface area contributed by atoms with Gasteiger partial charge in [-0.3, -0.25) is 4.79 Å². The van der Waals surface area contributed by atoms with E-state index in [0.717, 1.165) is 0 Å². The molecule has 12 heteroatoms. The summed E-state index contributed by atoms with van der Waals surface area (Å²) in [6.45, 7) is 1.75. The second-order valence-corrected chi connectivity index (χ2v) is 8.89. The fourth-order valence-electron chi connectivity index (χ4n) is 4.51. The molecule has 41 heavy (non-hydrogen) atoms. The van der Waals surface area contributed by atoms with Crippen molar-refractivity contribution in [1.29, 1.82) is 0 Å². The second-order valence-electron chi connectivity index (χ2n) is 8.89. The number of nitrogens with one attached hydrogen (secondary N) is 2. The van der Waals surface area contributed by atoms with Crippen LogP contribution >= 0.6 is 0 Å². The maximum absolute atomic E-state index is 14.1. The van der Waals surface area contributed by atoms with E-state index in [2.05, 4.69) is 20.7 Å². The molecule has 0 aliphatic carbocycles. The Morgan fingerprint density at radius 3 is 2.44 bits per heavy atom. The maximum Gasteiger partial charge on any atom is 0.346 e. The lowest BCUT2D eigenvalue weighted by atomic mass is 9.94. The standard InChI is InChI=1S/C29H26FN5O6/c1-16-25(27(36)34-21-14-18(38-2)10-12-22(21)39-3)26(35-29(33-16)31-15-32-35)17-9-11-23(24(13-17)40-4)41-28(37)19-7-5-6-8-20(19)30/h5-15,26H,1-4H3,(H,34,36)(H,31,32,33). The van der Waals surface area contributed by atoms with E-state index in [4.69, 9.17) is 18.9 Å². The number of aromatic nitrogens is 3. The minimum absolute atomic E-state index is 0.0741. The molecular weight excluding hydrogens is 533 g/mol. The van der Waals surface area contributed by atoms with Gasteiger partial charge in [0.25, 0.3) is 5.91 Å². The summed E-state index contributed by atoms with van der Waals surface area (Å²) in [5.74, 6) is -0.332. The van der Waals surface area contributed by atoms with Gasteiger partial charge in [-0.1, -0.05) is 18.2 Å². The number of hydrogen-bond acceptors (Lipinski definition) is 9. The number of rotatable bonds is 8. The molecule has 1 amide bonds. The first-order valence-electron chi connectivity index (χ1n) is 12.4.